The van der Waals surface area contributed by atoms with Crippen LogP contribution in [0.3, 0.4) is 0 Å². The minimum Gasteiger partial charge on any atom is -0.483 e. The number of ether oxygens (including phenoxy) is 1. The SMILES string of the molecule is Cc1c(Cl)ccc(OCC(=O)NNC(=O)c2ccccc2[N+](=O)[O-])c1C. The molecule has 0 unspecified atom stereocenters. The van der Waals surface area contributed by atoms with Crippen LogP contribution in [0.2, 0.25) is 5.02 Å². The predicted molar refractivity (Wildman–Crippen MR) is 95.1 cm³/mol. The summed E-state index contributed by atoms with van der Waals surface area (Å²) in [6.45, 7) is 3.29. The Balaban J connectivity index is 1.92. The van der Waals surface area contributed by atoms with Gasteiger partial charge >= 0.3 is 0 Å². The molecule has 0 saturated carbocycles. The number of para-hydroxylation sites is 1. The summed E-state index contributed by atoms with van der Waals surface area (Å²) in [5.74, 6) is -0.930. The number of nitro groups is 1. The Morgan fingerprint density at radius 2 is 1.81 bits per heavy atom. The number of benzene rings is 2. The van der Waals surface area contributed by atoms with Gasteiger partial charge in [-0.3, -0.25) is 30.6 Å². The number of hydrazine groups is 1. The van der Waals surface area contributed by atoms with Gasteiger partial charge in [-0.25, -0.2) is 0 Å². The summed E-state index contributed by atoms with van der Waals surface area (Å²) in [4.78, 5) is 34.1. The van der Waals surface area contributed by atoms with Crippen molar-refractivity contribution in [3.05, 3.63) is 68.2 Å². The van der Waals surface area contributed by atoms with Crippen LogP contribution in [0, 0.1) is 24.0 Å². The van der Waals surface area contributed by atoms with Crippen LogP contribution in [-0.4, -0.2) is 23.3 Å². The average Bonchev–Trinajstić information content (AvgIpc) is 2.63. The summed E-state index contributed by atoms with van der Waals surface area (Å²) in [5.41, 5.74) is 5.39. The lowest BCUT2D eigenvalue weighted by Gasteiger charge is -2.12. The van der Waals surface area contributed by atoms with Crippen molar-refractivity contribution in [1.29, 1.82) is 0 Å². The molecule has 2 N–H and O–H groups in total. The van der Waals surface area contributed by atoms with E-state index < -0.39 is 16.7 Å². The van der Waals surface area contributed by atoms with Gasteiger partial charge < -0.3 is 4.74 Å². The second kappa shape index (κ2) is 8.30. The Kier molecular flexibility index (Phi) is 6.13. The third-order valence-corrected chi connectivity index (χ3v) is 4.10. The van der Waals surface area contributed by atoms with Gasteiger partial charge in [-0.15, -0.1) is 0 Å². The maximum Gasteiger partial charge on any atom is 0.282 e. The van der Waals surface area contributed by atoms with Crippen LogP contribution in [0.5, 0.6) is 5.75 Å². The number of nitrogens with one attached hydrogen (secondary N) is 2. The van der Waals surface area contributed by atoms with Crippen LogP contribution in [0.15, 0.2) is 36.4 Å². The number of carbonyl (C=O) groups is 2. The van der Waals surface area contributed by atoms with Crippen molar-refractivity contribution in [2.45, 2.75) is 13.8 Å². The van der Waals surface area contributed by atoms with Gasteiger partial charge in [-0.05, 0) is 43.2 Å². The van der Waals surface area contributed by atoms with Crippen LogP contribution in [0.25, 0.3) is 0 Å². The van der Waals surface area contributed by atoms with Crippen LogP contribution in [-0.2, 0) is 4.79 Å². The van der Waals surface area contributed by atoms with E-state index in [9.17, 15) is 19.7 Å². The maximum absolute atomic E-state index is 12.0. The molecule has 0 spiro atoms. The molecule has 2 rings (SSSR count). The number of amides is 2. The van der Waals surface area contributed by atoms with Gasteiger partial charge in [0.05, 0.1) is 4.92 Å². The highest BCUT2D eigenvalue weighted by atomic mass is 35.5. The molecule has 26 heavy (non-hydrogen) atoms. The maximum atomic E-state index is 12.0. The van der Waals surface area contributed by atoms with Crippen LogP contribution in [0.1, 0.15) is 21.5 Å². The molecular formula is C17H16ClN3O5. The summed E-state index contributed by atoms with van der Waals surface area (Å²) < 4.78 is 5.40. The zero-order chi connectivity index (χ0) is 19.3. The lowest BCUT2D eigenvalue weighted by atomic mass is 10.1. The molecule has 0 aliphatic rings. The molecule has 0 aliphatic carbocycles. The molecule has 9 heteroatoms. The molecule has 2 amide bonds. The molecule has 0 atom stereocenters. The number of halogens is 1. The monoisotopic (exact) mass is 377 g/mol. The summed E-state index contributed by atoms with van der Waals surface area (Å²) in [5, 5.41) is 11.5. The highest BCUT2D eigenvalue weighted by molar-refractivity contribution is 6.31. The van der Waals surface area contributed by atoms with E-state index in [0.717, 1.165) is 11.1 Å². The van der Waals surface area contributed by atoms with E-state index >= 15 is 0 Å². The number of hydrogen-bond donors (Lipinski definition) is 2. The van der Waals surface area contributed by atoms with Gasteiger partial charge in [0.1, 0.15) is 11.3 Å². The fourth-order valence-corrected chi connectivity index (χ4v) is 2.32. The topological polar surface area (TPSA) is 111 Å². The highest BCUT2D eigenvalue weighted by Crippen LogP contribution is 2.27. The fraction of sp³-hybridized carbons (Fsp3) is 0.176. The molecule has 2 aromatic carbocycles. The molecule has 8 nitrogen and oxygen atoms in total. The van der Waals surface area contributed by atoms with Crippen LogP contribution >= 0.6 is 11.6 Å². The Hall–Kier alpha value is -3.13. The second-order valence-corrected chi connectivity index (χ2v) is 5.77. The van der Waals surface area contributed by atoms with Crippen molar-refractivity contribution < 1.29 is 19.2 Å². The average molecular weight is 378 g/mol. The normalized spacial score (nSPS) is 10.1. The number of nitro benzene ring substituents is 1. The molecule has 0 heterocycles. The van der Waals surface area contributed by atoms with Crippen molar-refractivity contribution in [2.24, 2.45) is 0 Å². The summed E-state index contributed by atoms with van der Waals surface area (Å²) >= 11 is 6.00. The summed E-state index contributed by atoms with van der Waals surface area (Å²) in [7, 11) is 0. The first kappa shape index (κ1) is 19.2. The van der Waals surface area contributed by atoms with Crippen LogP contribution in [0.4, 0.5) is 5.69 Å². The Morgan fingerprint density at radius 3 is 2.50 bits per heavy atom. The molecule has 2 aromatic rings. The first-order valence-corrected chi connectivity index (χ1v) is 7.90. The smallest absolute Gasteiger partial charge is 0.282 e. The van der Waals surface area contributed by atoms with Crippen LogP contribution < -0.4 is 15.6 Å². The standard InChI is InChI=1S/C17H16ClN3O5/c1-10-11(2)15(8-7-13(10)18)26-9-16(22)19-20-17(23)12-5-3-4-6-14(12)21(24)25/h3-8H,9H2,1-2H3,(H,19,22)(H,20,23). The number of nitrogens with zero attached hydrogens (tertiary/aromatic N) is 1. The fourth-order valence-electron chi connectivity index (χ4n) is 2.12. The van der Waals surface area contributed by atoms with Gasteiger partial charge in [0, 0.05) is 11.1 Å². The summed E-state index contributed by atoms with van der Waals surface area (Å²) in [6, 6.07) is 8.72. The first-order chi connectivity index (χ1) is 12.3. The minimum atomic E-state index is -0.802. The number of hydrogen-bond acceptors (Lipinski definition) is 5. The molecule has 0 radical (unpaired) electrons. The van der Waals surface area contributed by atoms with Crippen molar-refractivity contribution in [3.8, 4) is 5.75 Å². The second-order valence-electron chi connectivity index (χ2n) is 5.36. The van der Waals surface area contributed by atoms with E-state index in [-0.39, 0.29) is 17.9 Å². The molecular weight excluding hydrogens is 362 g/mol. The Labute approximate surface area is 154 Å². The third kappa shape index (κ3) is 4.48. The van der Waals surface area contributed by atoms with Crippen molar-refractivity contribution in [1.82, 2.24) is 10.9 Å². The lowest BCUT2D eigenvalue weighted by molar-refractivity contribution is -0.385. The summed E-state index contributed by atoms with van der Waals surface area (Å²) in [6.07, 6.45) is 0. The van der Waals surface area contributed by atoms with Gasteiger partial charge in [0.25, 0.3) is 17.5 Å². The zero-order valence-electron chi connectivity index (χ0n) is 14.0. The van der Waals surface area contributed by atoms with Gasteiger partial charge in [-0.2, -0.15) is 0 Å². The van der Waals surface area contributed by atoms with Gasteiger partial charge in [0.2, 0.25) is 0 Å². The minimum absolute atomic E-state index is 0.164. The quantitative estimate of drug-likeness (QED) is 0.614. The first-order valence-electron chi connectivity index (χ1n) is 7.52. The number of carbonyl (C=O) groups excluding carboxylic acids is 2. The molecule has 0 aromatic heterocycles. The predicted octanol–water partition coefficient (Wildman–Crippen LogP) is 2.71. The Morgan fingerprint density at radius 1 is 1.12 bits per heavy atom. The van der Waals surface area contributed by atoms with E-state index in [2.05, 4.69) is 10.9 Å². The molecule has 136 valence electrons. The largest absolute Gasteiger partial charge is 0.483 e. The highest BCUT2D eigenvalue weighted by Gasteiger charge is 2.19. The van der Waals surface area contributed by atoms with E-state index in [1.165, 1.54) is 24.3 Å². The van der Waals surface area contributed by atoms with Crippen molar-refractivity contribution >= 4 is 29.1 Å². The van der Waals surface area contributed by atoms with E-state index in [1.807, 2.05) is 13.8 Å². The van der Waals surface area contributed by atoms with Gasteiger partial charge in [-0.1, -0.05) is 23.7 Å². The van der Waals surface area contributed by atoms with E-state index in [1.54, 1.807) is 12.1 Å². The zero-order valence-corrected chi connectivity index (χ0v) is 14.8. The lowest BCUT2D eigenvalue weighted by Crippen LogP contribution is -2.44. The van der Waals surface area contributed by atoms with E-state index in [4.69, 9.17) is 16.3 Å². The Bertz CT molecular complexity index is 869. The van der Waals surface area contributed by atoms with E-state index in [0.29, 0.717) is 10.8 Å². The van der Waals surface area contributed by atoms with Gasteiger partial charge in [0.15, 0.2) is 6.61 Å². The third-order valence-electron chi connectivity index (χ3n) is 3.69. The number of rotatable bonds is 5. The molecule has 0 saturated heterocycles. The molecule has 0 aliphatic heterocycles. The molecule has 0 bridgehead atoms. The molecule has 0 fully saturated rings. The van der Waals surface area contributed by atoms with Crippen molar-refractivity contribution in [3.63, 3.8) is 0 Å². The van der Waals surface area contributed by atoms with Crippen molar-refractivity contribution in [2.75, 3.05) is 6.61 Å².